The highest BCUT2D eigenvalue weighted by atomic mass is 16.5. The molecule has 21 heavy (non-hydrogen) atoms. The molecule has 4 nitrogen and oxygen atoms in total. The van der Waals surface area contributed by atoms with Crippen molar-refractivity contribution in [1.82, 2.24) is 4.98 Å². The third-order valence-electron chi connectivity index (χ3n) is 3.90. The molecule has 1 saturated heterocycles. The summed E-state index contributed by atoms with van der Waals surface area (Å²) < 4.78 is 5.98. The maximum absolute atomic E-state index is 5.98. The van der Waals surface area contributed by atoms with Gasteiger partial charge < -0.3 is 15.4 Å². The van der Waals surface area contributed by atoms with Crippen molar-refractivity contribution in [2.24, 2.45) is 5.73 Å². The van der Waals surface area contributed by atoms with Crippen LogP contribution in [0.15, 0.2) is 30.3 Å². The van der Waals surface area contributed by atoms with Crippen molar-refractivity contribution >= 4 is 16.7 Å². The zero-order valence-electron chi connectivity index (χ0n) is 13.0. The van der Waals surface area contributed by atoms with Gasteiger partial charge in [-0.2, -0.15) is 0 Å². The van der Waals surface area contributed by atoms with E-state index >= 15 is 0 Å². The second-order valence-corrected chi connectivity index (χ2v) is 6.43. The van der Waals surface area contributed by atoms with Crippen LogP contribution in [0.2, 0.25) is 0 Å². The summed E-state index contributed by atoms with van der Waals surface area (Å²) in [6, 6.07) is 10.3. The molecule has 0 aliphatic carbocycles. The fourth-order valence-electron chi connectivity index (χ4n) is 3.19. The van der Waals surface area contributed by atoms with Crippen molar-refractivity contribution in [3.8, 4) is 0 Å². The number of morpholine rings is 1. The van der Waals surface area contributed by atoms with Crippen LogP contribution in [0.5, 0.6) is 0 Å². The Hall–Kier alpha value is -1.65. The van der Waals surface area contributed by atoms with Crippen LogP contribution in [0.4, 0.5) is 5.82 Å². The van der Waals surface area contributed by atoms with Crippen molar-refractivity contribution in [2.75, 3.05) is 18.0 Å². The van der Waals surface area contributed by atoms with Crippen molar-refractivity contribution in [2.45, 2.75) is 39.0 Å². The Bertz CT molecular complexity index is 654. The minimum Gasteiger partial charge on any atom is -0.369 e. The Morgan fingerprint density at radius 3 is 2.86 bits per heavy atom. The minimum absolute atomic E-state index is 0.159. The van der Waals surface area contributed by atoms with E-state index in [1.165, 1.54) is 0 Å². The van der Waals surface area contributed by atoms with Crippen LogP contribution in [0.1, 0.15) is 26.3 Å². The number of para-hydroxylation sites is 1. The standard InChI is InChI=1S/C17H23N3O/c1-12-10-20(11-17(2,3)21-12)16-8-13(9-18)14-6-4-5-7-15(14)19-16/h4-8,12H,9-11,18H2,1-3H3. The number of nitrogens with zero attached hydrogens (tertiary/aromatic N) is 2. The van der Waals surface area contributed by atoms with E-state index in [4.69, 9.17) is 15.5 Å². The number of rotatable bonds is 2. The van der Waals surface area contributed by atoms with Crippen molar-refractivity contribution in [1.29, 1.82) is 0 Å². The molecule has 1 unspecified atom stereocenters. The number of pyridine rings is 1. The number of fused-ring (bicyclic) bond motifs is 1. The lowest BCUT2D eigenvalue weighted by Crippen LogP contribution is -2.52. The summed E-state index contributed by atoms with van der Waals surface area (Å²) in [7, 11) is 0. The smallest absolute Gasteiger partial charge is 0.129 e. The van der Waals surface area contributed by atoms with Gasteiger partial charge in [-0.25, -0.2) is 4.98 Å². The number of ether oxygens (including phenoxy) is 1. The summed E-state index contributed by atoms with van der Waals surface area (Å²) in [6.07, 6.45) is 0.198. The van der Waals surface area contributed by atoms with Crippen molar-refractivity contribution in [3.05, 3.63) is 35.9 Å². The molecule has 0 saturated carbocycles. The van der Waals surface area contributed by atoms with Gasteiger partial charge in [0.25, 0.3) is 0 Å². The van der Waals surface area contributed by atoms with E-state index in [-0.39, 0.29) is 11.7 Å². The first kappa shape index (κ1) is 14.3. The molecule has 2 N–H and O–H groups in total. The Labute approximate surface area is 125 Å². The monoisotopic (exact) mass is 285 g/mol. The van der Waals surface area contributed by atoms with Crippen molar-refractivity contribution in [3.63, 3.8) is 0 Å². The maximum atomic E-state index is 5.98. The average Bonchev–Trinajstić information content (AvgIpc) is 2.44. The Kier molecular flexibility index (Phi) is 3.59. The number of aromatic nitrogens is 1. The Balaban J connectivity index is 2.04. The molecule has 1 fully saturated rings. The van der Waals surface area contributed by atoms with E-state index < -0.39 is 0 Å². The first-order valence-electron chi connectivity index (χ1n) is 7.50. The van der Waals surface area contributed by atoms with Crippen LogP contribution >= 0.6 is 0 Å². The molecular formula is C17H23N3O. The Morgan fingerprint density at radius 2 is 2.14 bits per heavy atom. The van der Waals surface area contributed by atoms with Gasteiger partial charge in [-0.15, -0.1) is 0 Å². The molecule has 1 aliphatic rings. The summed E-state index contributed by atoms with van der Waals surface area (Å²) in [5.41, 5.74) is 7.92. The lowest BCUT2D eigenvalue weighted by molar-refractivity contribution is -0.0751. The number of benzene rings is 1. The fourth-order valence-corrected chi connectivity index (χ4v) is 3.19. The van der Waals surface area contributed by atoms with Crippen LogP contribution in [0.25, 0.3) is 10.9 Å². The highest BCUT2D eigenvalue weighted by Gasteiger charge is 2.32. The van der Waals surface area contributed by atoms with E-state index in [1.807, 2.05) is 18.2 Å². The van der Waals surface area contributed by atoms with Crippen LogP contribution in [0.3, 0.4) is 0 Å². The zero-order valence-corrected chi connectivity index (χ0v) is 13.0. The minimum atomic E-state index is -0.159. The molecule has 1 aliphatic heterocycles. The summed E-state index contributed by atoms with van der Waals surface area (Å²) in [6.45, 7) is 8.59. The second kappa shape index (κ2) is 5.28. The van der Waals surface area contributed by atoms with Gasteiger partial charge in [0.1, 0.15) is 5.82 Å². The third-order valence-corrected chi connectivity index (χ3v) is 3.90. The summed E-state index contributed by atoms with van der Waals surface area (Å²) >= 11 is 0. The third kappa shape index (κ3) is 2.87. The molecule has 0 radical (unpaired) electrons. The maximum Gasteiger partial charge on any atom is 0.129 e. The van der Waals surface area contributed by atoms with Gasteiger partial charge in [-0.05, 0) is 38.5 Å². The fraction of sp³-hybridized carbons (Fsp3) is 0.471. The summed E-state index contributed by atoms with van der Waals surface area (Å²) in [4.78, 5) is 7.13. The first-order chi connectivity index (χ1) is 9.98. The molecule has 112 valence electrons. The largest absolute Gasteiger partial charge is 0.369 e. The predicted octanol–water partition coefficient (Wildman–Crippen LogP) is 2.70. The molecule has 3 rings (SSSR count). The van der Waals surface area contributed by atoms with Gasteiger partial charge in [-0.1, -0.05) is 18.2 Å². The number of hydrogen-bond acceptors (Lipinski definition) is 4. The number of anilines is 1. The molecule has 2 aromatic rings. The SMILES string of the molecule is CC1CN(c2cc(CN)c3ccccc3n2)CC(C)(C)O1. The van der Waals surface area contributed by atoms with E-state index in [2.05, 4.69) is 37.8 Å². The van der Waals surface area contributed by atoms with Gasteiger partial charge in [0.2, 0.25) is 0 Å². The van der Waals surface area contributed by atoms with Crippen LogP contribution in [-0.4, -0.2) is 29.8 Å². The molecule has 1 atom stereocenters. The van der Waals surface area contributed by atoms with Crippen LogP contribution in [-0.2, 0) is 11.3 Å². The molecule has 1 aromatic heterocycles. The predicted molar refractivity (Wildman–Crippen MR) is 86.5 cm³/mol. The number of nitrogens with two attached hydrogens (primary N) is 1. The van der Waals surface area contributed by atoms with Gasteiger partial charge in [0.15, 0.2) is 0 Å². The Morgan fingerprint density at radius 1 is 1.38 bits per heavy atom. The second-order valence-electron chi connectivity index (χ2n) is 6.43. The number of hydrogen-bond donors (Lipinski definition) is 1. The van der Waals surface area contributed by atoms with E-state index in [1.54, 1.807) is 0 Å². The quantitative estimate of drug-likeness (QED) is 0.921. The summed E-state index contributed by atoms with van der Waals surface area (Å²) in [5, 5.41) is 1.14. The van der Waals surface area contributed by atoms with E-state index in [9.17, 15) is 0 Å². The van der Waals surface area contributed by atoms with Gasteiger partial charge in [0, 0.05) is 25.0 Å². The lowest BCUT2D eigenvalue weighted by Gasteiger charge is -2.42. The van der Waals surface area contributed by atoms with Crippen LogP contribution < -0.4 is 10.6 Å². The molecule has 0 spiro atoms. The highest BCUT2D eigenvalue weighted by Crippen LogP contribution is 2.28. The topological polar surface area (TPSA) is 51.4 Å². The van der Waals surface area contributed by atoms with Crippen molar-refractivity contribution < 1.29 is 4.74 Å². The lowest BCUT2D eigenvalue weighted by atomic mass is 10.0. The van der Waals surface area contributed by atoms with Gasteiger partial charge in [0.05, 0.1) is 17.2 Å². The van der Waals surface area contributed by atoms with Gasteiger partial charge in [-0.3, -0.25) is 0 Å². The highest BCUT2D eigenvalue weighted by molar-refractivity contribution is 5.84. The normalized spacial score (nSPS) is 21.7. The average molecular weight is 285 g/mol. The van der Waals surface area contributed by atoms with E-state index in [0.717, 1.165) is 35.4 Å². The molecule has 2 heterocycles. The molecule has 4 heteroatoms. The zero-order chi connectivity index (χ0) is 15.0. The first-order valence-corrected chi connectivity index (χ1v) is 7.50. The van der Waals surface area contributed by atoms with Gasteiger partial charge >= 0.3 is 0 Å². The van der Waals surface area contributed by atoms with E-state index in [0.29, 0.717) is 6.54 Å². The molecular weight excluding hydrogens is 262 g/mol. The molecule has 1 aromatic carbocycles. The molecule has 0 amide bonds. The van der Waals surface area contributed by atoms with Crippen LogP contribution in [0, 0.1) is 0 Å². The summed E-state index contributed by atoms with van der Waals surface area (Å²) in [5.74, 6) is 0.998. The molecule has 0 bridgehead atoms.